The van der Waals surface area contributed by atoms with Crippen molar-refractivity contribution in [3.8, 4) is 0 Å². The molecule has 0 aliphatic carbocycles. The van der Waals surface area contributed by atoms with Gasteiger partial charge in [-0.1, -0.05) is 30.3 Å². The Bertz CT molecular complexity index is 727. The highest BCUT2D eigenvalue weighted by atomic mass is 19.4. The molecule has 6 heteroatoms. The molecule has 0 saturated carbocycles. The van der Waals surface area contributed by atoms with Crippen LogP contribution in [0.2, 0.25) is 0 Å². The van der Waals surface area contributed by atoms with Crippen LogP contribution in [0.3, 0.4) is 0 Å². The molecule has 0 aromatic heterocycles. The Kier molecular flexibility index (Phi) is 4.79. The van der Waals surface area contributed by atoms with Crippen LogP contribution in [0.15, 0.2) is 54.6 Å². The Morgan fingerprint density at radius 1 is 0.960 bits per heavy atom. The number of alkyl halides is 3. The smallest absolute Gasteiger partial charge is 0.299 e. The van der Waals surface area contributed by atoms with Gasteiger partial charge in [-0.25, -0.2) is 4.39 Å². The van der Waals surface area contributed by atoms with Crippen molar-refractivity contribution in [2.75, 3.05) is 4.90 Å². The molecule has 2 aromatic rings. The number of hydrogen-bond donors (Lipinski definition) is 0. The SMILES string of the molecule is O=C1[C@H](CCCc2ccccc2)[C@@H](C(F)(F)F)N1c1ccc(F)cc1. The molecule has 1 amide bonds. The second-order valence-electron chi connectivity index (χ2n) is 6.16. The molecule has 0 radical (unpaired) electrons. The summed E-state index contributed by atoms with van der Waals surface area (Å²) >= 11 is 0. The van der Waals surface area contributed by atoms with E-state index < -0.39 is 29.9 Å². The standard InChI is InChI=1S/C19H17F4NO/c20-14-9-11-15(12-10-14)24-17(19(21,22)23)16(18(24)25)8-4-7-13-5-2-1-3-6-13/h1-3,5-6,9-12,16-17H,4,7-8H2/t16-,17+/m1/s1. The number of rotatable bonds is 5. The lowest BCUT2D eigenvalue weighted by molar-refractivity contribution is -0.184. The van der Waals surface area contributed by atoms with Crippen molar-refractivity contribution in [2.24, 2.45) is 5.92 Å². The average Bonchev–Trinajstić information content (AvgIpc) is 2.57. The van der Waals surface area contributed by atoms with E-state index >= 15 is 0 Å². The predicted molar refractivity (Wildman–Crippen MR) is 86.6 cm³/mol. The lowest BCUT2D eigenvalue weighted by atomic mass is 9.82. The third-order valence-corrected chi connectivity index (χ3v) is 4.48. The van der Waals surface area contributed by atoms with Crippen LogP contribution in [0.25, 0.3) is 0 Å². The first-order chi connectivity index (χ1) is 11.9. The molecular formula is C19H17F4NO. The third kappa shape index (κ3) is 3.67. The maximum atomic E-state index is 13.4. The molecule has 1 aliphatic heterocycles. The van der Waals surface area contributed by atoms with Gasteiger partial charge in [0.15, 0.2) is 0 Å². The van der Waals surface area contributed by atoms with Gasteiger partial charge in [-0.15, -0.1) is 0 Å². The second-order valence-corrected chi connectivity index (χ2v) is 6.16. The second kappa shape index (κ2) is 6.86. The van der Waals surface area contributed by atoms with Crippen molar-refractivity contribution in [1.29, 1.82) is 0 Å². The van der Waals surface area contributed by atoms with Gasteiger partial charge in [-0.2, -0.15) is 13.2 Å². The molecule has 0 N–H and O–H groups in total. The van der Waals surface area contributed by atoms with Gasteiger partial charge < -0.3 is 0 Å². The van der Waals surface area contributed by atoms with Gasteiger partial charge in [0.2, 0.25) is 5.91 Å². The fraction of sp³-hybridized carbons (Fsp3) is 0.316. The summed E-state index contributed by atoms with van der Waals surface area (Å²) in [5, 5.41) is 0. The first-order valence-electron chi connectivity index (χ1n) is 8.07. The van der Waals surface area contributed by atoms with Crippen molar-refractivity contribution in [2.45, 2.75) is 31.5 Å². The molecule has 1 aliphatic rings. The van der Waals surface area contributed by atoms with Gasteiger partial charge in [0, 0.05) is 5.69 Å². The summed E-state index contributed by atoms with van der Waals surface area (Å²) in [5.41, 5.74) is 1.11. The average molecular weight is 351 g/mol. The number of halogens is 4. The lowest BCUT2D eigenvalue weighted by Gasteiger charge is -2.47. The van der Waals surface area contributed by atoms with E-state index in [1.54, 1.807) is 0 Å². The molecule has 1 saturated heterocycles. The lowest BCUT2D eigenvalue weighted by Crippen LogP contribution is -2.67. The summed E-state index contributed by atoms with van der Waals surface area (Å²) in [7, 11) is 0. The number of anilines is 1. The minimum absolute atomic E-state index is 0.0769. The van der Waals surface area contributed by atoms with Crippen LogP contribution in [-0.2, 0) is 11.2 Å². The maximum Gasteiger partial charge on any atom is 0.410 e. The van der Waals surface area contributed by atoms with Crippen LogP contribution in [0.4, 0.5) is 23.2 Å². The Morgan fingerprint density at radius 3 is 2.20 bits per heavy atom. The van der Waals surface area contributed by atoms with E-state index in [1.165, 1.54) is 12.1 Å². The van der Waals surface area contributed by atoms with Crippen molar-refractivity contribution in [1.82, 2.24) is 0 Å². The first kappa shape index (κ1) is 17.5. The highest BCUT2D eigenvalue weighted by Gasteiger charge is 2.60. The minimum Gasteiger partial charge on any atom is -0.299 e. The summed E-state index contributed by atoms with van der Waals surface area (Å²) in [4.78, 5) is 13.0. The van der Waals surface area contributed by atoms with Crippen molar-refractivity contribution in [3.05, 3.63) is 66.0 Å². The summed E-state index contributed by atoms with van der Waals surface area (Å²) in [5.74, 6) is -2.18. The van der Waals surface area contributed by atoms with Crippen LogP contribution < -0.4 is 4.90 Å². The molecule has 0 spiro atoms. The van der Waals surface area contributed by atoms with Crippen LogP contribution >= 0.6 is 0 Å². The molecule has 132 valence electrons. The van der Waals surface area contributed by atoms with Gasteiger partial charge in [-0.05, 0) is 49.1 Å². The third-order valence-electron chi connectivity index (χ3n) is 4.48. The summed E-state index contributed by atoms with van der Waals surface area (Å²) < 4.78 is 53.2. The zero-order valence-corrected chi connectivity index (χ0v) is 13.3. The number of amides is 1. The van der Waals surface area contributed by atoms with Gasteiger partial charge in [0.05, 0.1) is 5.92 Å². The number of benzene rings is 2. The zero-order valence-electron chi connectivity index (χ0n) is 13.3. The van der Waals surface area contributed by atoms with E-state index in [1.807, 2.05) is 30.3 Å². The molecule has 25 heavy (non-hydrogen) atoms. The van der Waals surface area contributed by atoms with Crippen molar-refractivity contribution < 1.29 is 22.4 Å². The summed E-state index contributed by atoms with van der Waals surface area (Å²) in [6.07, 6.45) is -3.20. The minimum atomic E-state index is -4.51. The number of β-lactam (4-membered cyclic amide) rings is 1. The number of carbonyl (C=O) groups excluding carboxylic acids is 1. The van der Waals surface area contributed by atoms with E-state index in [9.17, 15) is 22.4 Å². The fourth-order valence-corrected chi connectivity index (χ4v) is 3.26. The van der Waals surface area contributed by atoms with Crippen molar-refractivity contribution in [3.63, 3.8) is 0 Å². The number of aryl methyl sites for hydroxylation is 1. The van der Waals surface area contributed by atoms with Gasteiger partial charge in [0.25, 0.3) is 0 Å². The quantitative estimate of drug-likeness (QED) is 0.563. The largest absolute Gasteiger partial charge is 0.410 e. The Morgan fingerprint density at radius 2 is 1.60 bits per heavy atom. The Balaban J connectivity index is 1.69. The number of nitrogens with zero attached hydrogens (tertiary/aromatic N) is 1. The van der Waals surface area contributed by atoms with E-state index in [2.05, 4.69) is 0 Å². The maximum absolute atomic E-state index is 13.4. The summed E-state index contributed by atoms with van der Waals surface area (Å²) in [6.45, 7) is 0. The van der Waals surface area contributed by atoms with Crippen molar-refractivity contribution >= 4 is 11.6 Å². The van der Waals surface area contributed by atoms with Gasteiger partial charge >= 0.3 is 6.18 Å². The van der Waals surface area contributed by atoms with E-state index in [0.29, 0.717) is 12.8 Å². The normalized spacial score (nSPS) is 20.5. The van der Waals surface area contributed by atoms with Crippen LogP contribution in [0.5, 0.6) is 0 Å². The zero-order chi connectivity index (χ0) is 18.0. The molecular weight excluding hydrogens is 334 g/mol. The van der Waals surface area contributed by atoms with Gasteiger partial charge in [0.1, 0.15) is 11.9 Å². The molecule has 0 bridgehead atoms. The van der Waals surface area contributed by atoms with E-state index in [0.717, 1.165) is 22.6 Å². The molecule has 2 aromatic carbocycles. The Hall–Kier alpha value is -2.37. The number of hydrogen-bond acceptors (Lipinski definition) is 1. The molecule has 2 nitrogen and oxygen atoms in total. The first-order valence-corrected chi connectivity index (χ1v) is 8.07. The molecule has 2 atom stereocenters. The summed E-state index contributed by atoms with van der Waals surface area (Å²) in [6, 6.07) is 12.1. The topological polar surface area (TPSA) is 20.3 Å². The fourth-order valence-electron chi connectivity index (χ4n) is 3.26. The predicted octanol–water partition coefficient (Wildman–Crippen LogP) is 4.74. The van der Waals surface area contributed by atoms with Crippen LogP contribution in [-0.4, -0.2) is 18.1 Å². The van der Waals surface area contributed by atoms with Crippen LogP contribution in [0, 0.1) is 11.7 Å². The number of carbonyl (C=O) groups is 1. The highest BCUT2D eigenvalue weighted by Crippen LogP contribution is 2.43. The van der Waals surface area contributed by atoms with Crippen LogP contribution in [0.1, 0.15) is 18.4 Å². The van der Waals surface area contributed by atoms with E-state index in [4.69, 9.17) is 0 Å². The van der Waals surface area contributed by atoms with E-state index in [-0.39, 0.29) is 12.1 Å². The monoisotopic (exact) mass is 351 g/mol. The molecule has 3 rings (SSSR count). The highest BCUT2D eigenvalue weighted by molar-refractivity contribution is 6.03. The molecule has 1 heterocycles. The Labute approximate surface area is 143 Å². The molecule has 1 fully saturated rings. The molecule has 0 unspecified atom stereocenters. The van der Waals surface area contributed by atoms with Gasteiger partial charge in [-0.3, -0.25) is 9.69 Å².